The molecular weight excluding hydrogens is 497 g/mol. The summed E-state index contributed by atoms with van der Waals surface area (Å²) in [6.07, 6.45) is 1.36. The minimum Gasteiger partial charge on any atom is -0.350 e. The average Bonchev–Trinajstić information content (AvgIpc) is 2.71. The van der Waals surface area contributed by atoms with Crippen molar-refractivity contribution in [2.45, 2.75) is 52.2 Å². The van der Waals surface area contributed by atoms with Crippen molar-refractivity contribution in [3.05, 3.63) is 64.1 Å². The quantitative estimate of drug-likeness (QED) is 0.520. The Morgan fingerprint density at radius 2 is 1.62 bits per heavy atom. The molecule has 0 aliphatic rings. The smallest absolute Gasteiger partial charge is 0.244 e. The molecule has 0 bridgehead atoms. The lowest BCUT2D eigenvalue weighted by Gasteiger charge is -2.34. The zero-order chi connectivity index (χ0) is 25.7. The maximum Gasteiger partial charge on any atom is 0.244 e. The largest absolute Gasteiger partial charge is 0.350 e. The van der Waals surface area contributed by atoms with Gasteiger partial charge < -0.3 is 10.2 Å². The van der Waals surface area contributed by atoms with Crippen molar-refractivity contribution in [3.63, 3.8) is 0 Å². The fourth-order valence-corrected chi connectivity index (χ4v) is 4.57. The zero-order valence-electron chi connectivity index (χ0n) is 20.0. The topological polar surface area (TPSA) is 86.8 Å². The Balaban J connectivity index is 2.46. The maximum atomic E-state index is 13.6. The van der Waals surface area contributed by atoms with E-state index in [4.69, 9.17) is 23.2 Å². The summed E-state index contributed by atoms with van der Waals surface area (Å²) < 4.78 is 26.1. The summed E-state index contributed by atoms with van der Waals surface area (Å²) >= 11 is 12.3. The highest BCUT2D eigenvalue weighted by Gasteiger charge is 2.33. The van der Waals surface area contributed by atoms with Crippen molar-refractivity contribution in [1.29, 1.82) is 0 Å². The van der Waals surface area contributed by atoms with Crippen LogP contribution >= 0.6 is 23.2 Å². The van der Waals surface area contributed by atoms with Crippen LogP contribution in [0.15, 0.2) is 48.5 Å². The van der Waals surface area contributed by atoms with Crippen LogP contribution in [0.4, 0.5) is 5.69 Å². The SMILES string of the molecule is CC[C@@H](C(=O)NC(C)(C)C)N(Cc1ccccc1Cl)C(=O)CN(c1ccc(Cl)cc1)S(C)(=O)=O. The van der Waals surface area contributed by atoms with Gasteiger partial charge in [-0.3, -0.25) is 13.9 Å². The molecule has 1 N–H and O–H groups in total. The Morgan fingerprint density at radius 1 is 1.03 bits per heavy atom. The highest BCUT2D eigenvalue weighted by atomic mass is 35.5. The molecule has 10 heteroatoms. The predicted molar refractivity (Wildman–Crippen MR) is 138 cm³/mol. The molecule has 0 saturated heterocycles. The van der Waals surface area contributed by atoms with Crippen molar-refractivity contribution in [1.82, 2.24) is 10.2 Å². The molecule has 0 saturated carbocycles. The monoisotopic (exact) mass is 527 g/mol. The van der Waals surface area contributed by atoms with E-state index in [2.05, 4.69) is 5.32 Å². The third-order valence-electron chi connectivity index (χ3n) is 4.98. The molecule has 0 fully saturated rings. The van der Waals surface area contributed by atoms with Gasteiger partial charge in [0.05, 0.1) is 11.9 Å². The van der Waals surface area contributed by atoms with Crippen molar-refractivity contribution in [3.8, 4) is 0 Å². The van der Waals surface area contributed by atoms with Crippen molar-refractivity contribution in [2.24, 2.45) is 0 Å². The minimum atomic E-state index is -3.81. The summed E-state index contributed by atoms with van der Waals surface area (Å²) in [7, 11) is -3.81. The number of anilines is 1. The molecule has 7 nitrogen and oxygen atoms in total. The Hall–Kier alpha value is -2.29. The molecule has 0 aliphatic carbocycles. The molecule has 2 aromatic carbocycles. The number of nitrogens with one attached hydrogen (secondary N) is 1. The minimum absolute atomic E-state index is 0.0484. The van der Waals surface area contributed by atoms with Gasteiger partial charge in [-0.2, -0.15) is 0 Å². The molecule has 2 rings (SSSR count). The summed E-state index contributed by atoms with van der Waals surface area (Å²) in [5, 5.41) is 3.80. The van der Waals surface area contributed by atoms with Crippen LogP contribution in [0, 0.1) is 0 Å². The van der Waals surface area contributed by atoms with Crippen LogP contribution in [0.2, 0.25) is 10.0 Å². The standard InChI is InChI=1S/C24H31Cl2N3O4S/c1-6-21(23(31)27-24(2,3)4)28(15-17-9-7-8-10-20(17)26)22(30)16-29(34(5,32)33)19-13-11-18(25)12-14-19/h7-14,21H,6,15-16H2,1-5H3,(H,27,31)/t21-/m0/s1. The summed E-state index contributed by atoms with van der Waals surface area (Å²) in [6.45, 7) is 6.92. The van der Waals surface area contributed by atoms with E-state index in [0.29, 0.717) is 27.7 Å². The normalized spacial score (nSPS) is 12.7. The van der Waals surface area contributed by atoms with Crippen LogP contribution < -0.4 is 9.62 Å². The molecule has 0 spiro atoms. The van der Waals surface area contributed by atoms with Gasteiger partial charge in [-0.1, -0.05) is 48.3 Å². The van der Waals surface area contributed by atoms with E-state index in [1.807, 2.05) is 20.8 Å². The third-order valence-corrected chi connectivity index (χ3v) is 6.74. The Kier molecular flexibility index (Phi) is 9.39. The Labute approximate surface area is 212 Å². The van der Waals surface area contributed by atoms with E-state index in [9.17, 15) is 18.0 Å². The van der Waals surface area contributed by atoms with Gasteiger partial charge in [0.2, 0.25) is 21.8 Å². The van der Waals surface area contributed by atoms with Gasteiger partial charge in [0.15, 0.2) is 0 Å². The maximum absolute atomic E-state index is 13.6. The molecular formula is C24H31Cl2N3O4S. The van der Waals surface area contributed by atoms with Crippen molar-refractivity contribution >= 4 is 50.7 Å². The fraction of sp³-hybridized carbons (Fsp3) is 0.417. The Bertz CT molecular complexity index is 1120. The van der Waals surface area contributed by atoms with Crippen molar-refractivity contribution < 1.29 is 18.0 Å². The van der Waals surface area contributed by atoms with Gasteiger partial charge in [-0.05, 0) is 63.1 Å². The second-order valence-corrected chi connectivity index (χ2v) is 11.8. The van der Waals surface area contributed by atoms with Gasteiger partial charge in [0.25, 0.3) is 0 Å². The lowest BCUT2D eigenvalue weighted by molar-refractivity contribution is -0.141. The number of hydrogen-bond acceptors (Lipinski definition) is 4. The highest BCUT2D eigenvalue weighted by molar-refractivity contribution is 7.92. The molecule has 0 unspecified atom stereocenters. The van der Waals surface area contributed by atoms with Gasteiger partial charge in [0, 0.05) is 22.1 Å². The number of hydrogen-bond donors (Lipinski definition) is 1. The lowest BCUT2D eigenvalue weighted by atomic mass is 10.1. The molecule has 0 heterocycles. The second-order valence-electron chi connectivity index (χ2n) is 9.02. The van der Waals surface area contributed by atoms with Crippen LogP contribution in [-0.2, 0) is 26.2 Å². The van der Waals surface area contributed by atoms with Gasteiger partial charge >= 0.3 is 0 Å². The number of sulfonamides is 1. The van der Waals surface area contributed by atoms with Crippen molar-refractivity contribution in [2.75, 3.05) is 17.1 Å². The van der Waals surface area contributed by atoms with E-state index in [1.165, 1.54) is 17.0 Å². The van der Waals surface area contributed by atoms with Crippen LogP contribution in [0.5, 0.6) is 0 Å². The van der Waals surface area contributed by atoms with Crippen LogP contribution in [0.1, 0.15) is 39.7 Å². The summed E-state index contributed by atoms with van der Waals surface area (Å²) in [4.78, 5) is 28.1. The average molecular weight is 529 g/mol. The Morgan fingerprint density at radius 3 is 2.12 bits per heavy atom. The molecule has 1 atom stereocenters. The number of carbonyl (C=O) groups is 2. The summed E-state index contributed by atoms with van der Waals surface area (Å²) in [5.74, 6) is -0.857. The zero-order valence-corrected chi connectivity index (χ0v) is 22.3. The van der Waals surface area contributed by atoms with Crippen LogP contribution in [0.25, 0.3) is 0 Å². The summed E-state index contributed by atoms with van der Waals surface area (Å²) in [6, 6.07) is 12.4. The number of nitrogens with zero attached hydrogens (tertiary/aromatic N) is 2. The fourth-order valence-electron chi connectivity index (χ4n) is 3.40. The molecule has 0 aliphatic heterocycles. The molecule has 0 radical (unpaired) electrons. The van der Waals surface area contributed by atoms with E-state index >= 15 is 0 Å². The van der Waals surface area contributed by atoms with Gasteiger partial charge in [0.1, 0.15) is 12.6 Å². The van der Waals surface area contributed by atoms with E-state index in [-0.39, 0.29) is 12.5 Å². The second kappa shape index (κ2) is 11.4. The van der Waals surface area contributed by atoms with E-state index in [0.717, 1.165) is 10.6 Å². The van der Waals surface area contributed by atoms with Gasteiger partial charge in [-0.25, -0.2) is 8.42 Å². The number of carbonyl (C=O) groups excluding carboxylic acids is 2. The predicted octanol–water partition coefficient (Wildman–Crippen LogP) is 4.48. The first kappa shape index (κ1) is 28.0. The van der Waals surface area contributed by atoms with E-state index in [1.54, 1.807) is 43.3 Å². The summed E-state index contributed by atoms with van der Waals surface area (Å²) in [5.41, 5.74) is 0.438. The first-order valence-electron chi connectivity index (χ1n) is 10.8. The molecule has 0 aromatic heterocycles. The lowest BCUT2D eigenvalue weighted by Crippen LogP contribution is -2.55. The van der Waals surface area contributed by atoms with Crippen LogP contribution in [-0.4, -0.2) is 49.5 Å². The first-order chi connectivity index (χ1) is 15.7. The number of benzene rings is 2. The number of halogens is 2. The highest BCUT2D eigenvalue weighted by Crippen LogP contribution is 2.23. The molecule has 2 amide bonds. The van der Waals surface area contributed by atoms with Crippen LogP contribution in [0.3, 0.4) is 0 Å². The first-order valence-corrected chi connectivity index (χ1v) is 13.4. The van der Waals surface area contributed by atoms with E-state index < -0.39 is 34.1 Å². The third kappa shape index (κ3) is 7.89. The molecule has 34 heavy (non-hydrogen) atoms. The molecule has 186 valence electrons. The number of amides is 2. The van der Waals surface area contributed by atoms with Gasteiger partial charge in [-0.15, -0.1) is 0 Å². The number of rotatable bonds is 9. The molecule has 2 aromatic rings.